The van der Waals surface area contributed by atoms with Crippen molar-refractivity contribution in [2.24, 2.45) is 0 Å². The van der Waals surface area contributed by atoms with Gasteiger partial charge in [-0.1, -0.05) is 18.2 Å². The molecule has 114 valence electrons. The Morgan fingerprint density at radius 2 is 2.14 bits per heavy atom. The normalized spacial score (nSPS) is 13.9. The highest BCUT2D eigenvalue weighted by Crippen LogP contribution is 2.28. The quantitative estimate of drug-likeness (QED) is 0.941. The Balaban J connectivity index is 1.71. The van der Waals surface area contributed by atoms with Crippen LogP contribution in [-0.2, 0) is 16.1 Å². The van der Waals surface area contributed by atoms with E-state index in [0.29, 0.717) is 5.69 Å². The molecule has 0 saturated heterocycles. The van der Waals surface area contributed by atoms with Crippen LogP contribution in [0.15, 0.2) is 41.8 Å². The van der Waals surface area contributed by atoms with Gasteiger partial charge >= 0.3 is 0 Å². The van der Waals surface area contributed by atoms with Gasteiger partial charge in [-0.05, 0) is 30.6 Å². The van der Waals surface area contributed by atoms with E-state index < -0.39 is 0 Å². The number of anilines is 2. The monoisotopic (exact) mass is 315 g/mol. The van der Waals surface area contributed by atoms with Gasteiger partial charge in [0.25, 0.3) is 0 Å². The van der Waals surface area contributed by atoms with Crippen LogP contribution in [0.4, 0.5) is 11.4 Å². The summed E-state index contributed by atoms with van der Waals surface area (Å²) >= 11 is 1.67. The molecule has 0 spiro atoms. The van der Waals surface area contributed by atoms with Crippen molar-refractivity contribution in [3.05, 3.63) is 46.7 Å². The molecule has 0 fully saturated rings. The first-order valence-electron chi connectivity index (χ1n) is 7.03. The molecule has 5 nitrogen and oxygen atoms in total. The summed E-state index contributed by atoms with van der Waals surface area (Å²) in [4.78, 5) is 29.0. The van der Waals surface area contributed by atoms with Gasteiger partial charge in [-0.15, -0.1) is 11.3 Å². The van der Waals surface area contributed by atoms with Gasteiger partial charge in [-0.25, -0.2) is 0 Å². The van der Waals surface area contributed by atoms with Crippen molar-refractivity contribution in [3.63, 3.8) is 0 Å². The third-order valence-corrected chi connectivity index (χ3v) is 4.34. The average molecular weight is 315 g/mol. The number of rotatable bonds is 4. The lowest BCUT2D eigenvalue weighted by molar-refractivity contribution is -0.122. The lowest BCUT2D eigenvalue weighted by Crippen LogP contribution is -2.45. The molecule has 0 aliphatic carbocycles. The van der Waals surface area contributed by atoms with Gasteiger partial charge in [0.2, 0.25) is 11.8 Å². The molecule has 1 aromatic heterocycles. The standard InChI is InChI=1S/C16H17N3O2S/c1-18(9-12-5-4-8-22-12)11-16(21)19-10-15(20)17-13-6-2-3-7-14(13)19/h2-8H,9-11H2,1H3,(H,17,20). The van der Waals surface area contributed by atoms with Crippen LogP contribution < -0.4 is 10.2 Å². The zero-order valence-corrected chi connectivity index (χ0v) is 13.1. The number of para-hydroxylation sites is 2. The zero-order valence-electron chi connectivity index (χ0n) is 12.3. The fraction of sp³-hybridized carbons (Fsp3) is 0.250. The number of nitrogens with one attached hydrogen (secondary N) is 1. The minimum Gasteiger partial charge on any atom is -0.323 e. The third-order valence-electron chi connectivity index (χ3n) is 3.48. The summed E-state index contributed by atoms with van der Waals surface area (Å²) in [7, 11) is 1.91. The second-order valence-corrected chi connectivity index (χ2v) is 6.33. The minimum atomic E-state index is -0.159. The van der Waals surface area contributed by atoms with Crippen LogP contribution in [0, 0.1) is 0 Å². The van der Waals surface area contributed by atoms with Crippen molar-refractivity contribution < 1.29 is 9.59 Å². The first-order chi connectivity index (χ1) is 10.6. The van der Waals surface area contributed by atoms with Crippen molar-refractivity contribution >= 4 is 34.5 Å². The molecular weight excluding hydrogens is 298 g/mol. The van der Waals surface area contributed by atoms with Gasteiger partial charge < -0.3 is 5.32 Å². The topological polar surface area (TPSA) is 52.7 Å². The SMILES string of the molecule is CN(CC(=O)N1CC(=O)Nc2ccccc21)Cc1cccs1. The molecule has 1 aliphatic rings. The molecule has 3 rings (SSSR count). The van der Waals surface area contributed by atoms with Gasteiger partial charge in [0, 0.05) is 11.4 Å². The molecule has 0 bridgehead atoms. The second kappa shape index (κ2) is 6.29. The van der Waals surface area contributed by atoms with E-state index >= 15 is 0 Å². The first kappa shape index (κ1) is 14.7. The number of fused-ring (bicyclic) bond motifs is 1. The van der Waals surface area contributed by atoms with Crippen LogP contribution in [0.25, 0.3) is 0 Å². The number of benzene rings is 1. The van der Waals surface area contributed by atoms with Gasteiger partial charge in [0.1, 0.15) is 6.54 Å². The Bertz CT molecular complexity index is 684. The van der Waals surface area contributed by atoms with Crippen LogP contribution in [0.5, 0.6) is 0 Å². The summed E-state index contributed by atoms with van der Waals surface area (Å²) in [5.41, 5.74) is 1.45. The van der Waals surface area contributed by atoms with Crippen LogP contribution in [0.3, 0.4) is 0 Å². The summed E-state index contributed by atoms with van der Waals surface area (Å²) in [6.45, 7) is 1.08. The van der Waals surface area contributed by atoms with Crippen molar-refractivity contribution in [1.82, 2.24) is 4.90 Å². The smallest absolute Gasteiger partial charge is 0.244 e. The Labute approximate surface area is 133 Å². The van der Waals surface area contributed by atoms with E-state index in [9.17, 15) is 9.59 Å². The van der Waals surface area contributed by atoms with Crippen LogP contribution in [0.2, 0.25) is 0 Å². The minimum absolute atomic E-state index is 0.0682. The molecule has 0 unspecified atom stereocenters. The fourth-order valence-electron chi connectivity index (χ4n) is 2.50. The molecule has 2 amide bonds. The van der Waals surface area contributed by atoms with E-state index in [1.165, 1.54) is 4.88 Å². The number of hydrogen-bond donors (Lipinski definition) is 1. The van der Waals surface area contributed by atoms with E-state index in [1.807, 2.05) is 47.7 Å². The number of nitrogens with zero attached hydrogens (tertiary/aromatic N) is 2. The number of hydrogen-bond acceptors (Lipinski definition) is 4. The molecule has 6 heteroatoms. The summed E-state index contributed by atoms with van der Waals surface area (Å²) < 4.78 is 0. The first-order valence-corrected chi connectivity index (χ1v) is 7.91. The molecule has 2 heterocycles. The summed E-state index contributed by atoms with van der Waals surface area (Å²) in [5.74, 6) is -0.227. The third kappa shape index (κ3) is 3.18. The van der Waals surface area contributed by atoms with Gasteiger partial charge in [0.05, 0.1) is 17.9 Å². The molecule has 0 saturated carbocycles. The molecule has 0 atom stereocenters. The van der Waals surface area contributed by atoms with E-state index in [-0.39, 0.29) is 24.9 Å². The van der Waals surface area contributed by atoms with Gasteiger partial charge in [-0.3, -0.25) is 19.4 Å². The van der Waals surface area contributed by atoms with Gasteiger partial charge in [-0.2, -0.15) is 0 Å². The van der Waals surface area contributed by atoms with Crippen molar-refractivity contribution in [3.8, 4) is 0 Å². The molecule has 22 heavy (non-hydrogen) atoms. The largest absolute Gasteiger partial charge is 0.323 e. The number of amides is 2. The highest BCUT2D eigenvalue weighted by molar-refractivity contribution is 7.09. The Kier molecular flexibility index (Phi) is 4.22. The lowest BCUT2D eigenvalue weighted by atomic mass is 10.2. The molecule has 1 aliphatic heterocycles. The summed E-state index contributed by atoms with van der Waals surface area (Å²) in [6, 6.07) is 11.4. The Morgan fingerprint density at radius 3 is 2.91 bits per heavy atom. The number of carbonyl (C=O) groups excluding carboxylic acids is 2. The molecule has 2 aromatic rings. The highest BCUT2D eigenvalue weighted by Gasteiger charge is 2.26. The number of thiophene rings is 1. The van der Waals surface area contributed by atoms with E-state index in [2.05, 4.69) is 11.4 Å². The maximum Gasteiger partial charge on any atom is 0.244 e. The van der Waals surface area contributed by atoms with Crippen LogP contribution >= 0.6 is 11.3 Å². The molecule has 0 radical (unpaired) electrons. The van der Waals surface area contributed by atoms with Crippen LogP contribution in [-0.4, -0.2) is 36.9 Å². The Hall–Kier alpha value is -2.18. The zero-order chi connectivity index (χ0) is 15.5. The summed E-state index contributed by atoms with van der Waals surface area (Å²) in [5, 5.41) is 4.81. The highest BCUT2D eigenvalue weighted by atomic mass is 32.1. The molecule has 1 aromatic carbocycles. The second-order valence-electron chi connectivity index (χ2n) is 5.30. The predicted molar refractivity (Wildman–Crippen MR) is 88.1 cm³/mol. The maximum absolute atomic E-state index is 12.6. The van der Waals surface area contributed by atoms with Crippen molar-refractivity contribution in [2.45, 2.75) is 6.54 Å². The average Bonchev–Trinajstić information content (AvgIpc) is 2.98. The fourth-order valence-corrected chi connectivity index (χ4v) is 3.28. The lowest BCUT2D eigenvalue weighted by Gasteiger charge is -2.30. The maximum atomic E-state index is 12.6. The van der Waals surface area contributed by atoms with E-state index in [1.54, 1.807) is 16.2 Å². The Morgan fingerprint density at radius 1 is 1.32 bits per heavy atom. The van der Waals surface area contributed by atoms with Gasteiger partial charge in [0.15, 0.2) is 0 Å². The molecule has 1 N–H and O–H groups in total. The van der Waals surface area contributed by atoms with Crippen molar-refractivity contribution in [1.29, 1.82) is 0 Å². The van der Waals surface area contributed by atoms with E-state index in [4.69, 9.17) is 0 Å². The van der Waals surface area contributed by atoms with Crippen molar-refractivity contribution in [2.75, 3.05) is 30.4 Å². The number of likely N-dealkylation sites (N-methyl/N-ethyl adjacent to an activating group) is 1. The van der Waals surface area contributed by atoms with E-state index in [0.717, 1.165) is 12.2 Å². The predicted octanol–water partition coefficient (Wildman–Crippen LogP) is 2.17. The number of carbonyl (C=O) groups is 2. The van der Waals surface area contributed by atoms with Crippen LogP contribution in [0.1, 0.15) is 4.88 Å². The molecular formula is C16H17N3O2S. The summed E-state index contributed by atoms with van der Waals surface area (Å²) in [6.07, 6.45) is 0.